The molecule has 130 valence electrons. The van der Waals surface area contributed by atoms with Gasteiger partial charge in [0.2, 0.25) is 0 Å². The fourth-order valence-electron chi connectivity index (χ4n) is 2.44. The van der Waals surface area contributed by atoms with Crippen LogP contribution in [0.2, 0.25) is 0 Å². The zero-order chi connectivity index (χ0) is 17.8. The minimum atomic E-state index is -0.157. The molecule has 7 heteroatoms. The van der Waals surface area contributed by atoms with Gasteiger partial charge in [-0.2, -0.15) is 0 Å². The molecule has 0 radical (unpaired) electrons. The number of rotatable bonds is 6. The second kappa shape index (κ2) is 7.40. The normalized spacial score (nSPS) is 15.6. The van der Waals surface area contributed by atoms with Gasteiger partial charge in [-0.15, -0.1) is 0 Å². The van der Waals surface area contributed by atoms with Gasteiger partial charge in [0.25, 0.3) is 5.91 Å². The topological polar surface area (TPSA) is 63.9 Å². The fourth-order valence-corrected chi connectivity index (χ4v) is 2.76. The Balaban J connectivity index is 1.68. The predicted octanol–water partition coefficient (Wildman–Crippen LogP) is 2.94. The van der Waals surface area contributed by atoms with E-state index >= 15 is 0 Å². The molecule has 0 unspecified atom stereocenters. The van der Waals surface area contributed by atoms with E-state index in [0.717, 1.165) is 0 Å². The molecule has 1 amide bonds. The molecular formula is C18H18N2O4S. The maximum absolute atomic E-state index is 12.2. The standard InChI is InChI=1S/C18H18N2O4S/c1-3-20-17(21)14(19-18(20)25)10-12-8-9-13(24-12)11-23-16-7-5-4-6-15(16)22-2/h4-10H,3,11H2,1-2H3,(H,19,25)/b14-10+. The number of carbonyl (C=O) groups is 1. The molecule has 1 saturated heterocycles. The van der Waals surface area contributed by atoms with E-state index in [2.05, 4.69) is 5.32 Å². The lowest BCUT2D eigenvalue weighted by molar-refractivity contribution is -0.122. The third kappa shape index (κ3) is 3.66. The Hall–Kier alpha value is -2.80. The highest BCUT2D eigenvalue weighted by Crippen LogP contribution is 2.27. The summed E-state index contributed by atoms with van der Waals surface area (Å²) in [5.41, 5.74) is 0.401. The Kier molecular flexibility index (Phi) is 5.04. The van der Waals surface area contributed by atoms with Crippen molar-refractivity contribution in [1.82, 2.24) is 10.2 Å². The quantitative estimate of drug-likeness (QED) is 0.633. The molecule has 1 aromatic carbocycles. The molecular weight excluding hydrogens is 340 g/mol. The first-order valence-electron chi connectivity index (χ1n) is 7.81. The van der Waals surface area contributed by atoms with Crippen LogP contribution in [-0.2, 0) is 11.4 Å². The van der Waals surface area contributed by atoms with Gasteiger partial charge in [-0.1, -0.05) is 12.1 Å². The van der Waals surface area contributed by atoms with Crippen LogP contribution in [0.4, 0.5) is 0 Å². The van der Waals surface area contributed by atoms with Crippen molar-refractivity contribution in [3.63, 3.8) is 0 Å². The predicted molar refractivity (Wildman–Crippen MR) is 97.1 cm³/mol. The smallest absolute Gasteiger partial charge is 0.276 e. The molecule has 1 aliphatic heterocycles. The Labute approximate surface area is 151 Å². The zero-order valence-corrected chi connectivity index (χ0v) is 14.8. The molecule has 1 aliphatic rings. The van der Waals surface area contributed by atoms with Crippen molar-refractivity contribution in [2.45, 2.75) is 13.5 Å². The van der Waals surface area contributed by atoms with Gasteiger partial charge >= 0.3 is 0 Å². The van der Waals surface area contributed by atoms with Crippen LogP contribution < -0.4 is 14.8 Å². The monoisotopic (exact) mass is 358 g/mol. The van der Waals surface area contributed by atoms with Gasteiger partial charge in [0.15, 0.2) is 16.6 Å². The summed E-state index contributed by atoms with van der Waals surface area (Å²) in [5.74, 6) is 2.33. The summed E-state index contributed by atoms with van der Waals surface area (Å²) in [6.45, 7) is 2.65. The number of hydrogen-bond acceptors (Lipinski definition) is 5. The summed E-state index contributed by atoms with van der Waals surface area (Å²) in [6.07, 6.45) is 1.64. The summed E-state index contributed by atoms with van der Waals surface area (Å²) < 4.78 is 16.7. The molecule has 25 heavy (non-hydrogen) atoms. The minimum absolute atomic E-state index is 0.157. The summed E-state index contributed by atoms with van der Waals surface area (Å²) >= 11 is 5.13. The van der Waals surface area contributed by atoms with Crippen molar-refractivity contribution in [2.75, 3.05) is 13.7 Å². The van der Waals surface area contributed by atoms with E-state index in [4.69, 9.17) is 26.1 Å². The van der Waals surface area contributed by atoms with E-state index in [1.807, 2.05) is 31.2 Å². The molecule has 2 aromatic rings. The van der Waals surface area contributed by atoms with E-state index < -0.39 is 0 Å². The number of likely N-dealkylation sites (N-methyl/N-ethyl adjacent to an activating group) is 1. The van der Waals surface area contributed by atoms with Crippen LogP contribution in [0.25, 0.3) is 6.08 Å². The number of hydrogen-bond donors (Lipinski definition) is 1. The van der Waals surface area contributed by atoms with Crippen LogP contribution in [-0.4, -0.2) is 29.6 Å². The van der Waals surface area contributed by atoms with Gasteiger partial charge in [0.1, 0.15) is 23.8 Å². The van der Waals surface area contributed by atoms with Gasteiger partial charge in [0, 0.05) is 12.6 Å². The second-order valence-corrected chi connectivity index (χ2v) is 5.67. The number of para-hydroxylation sites is 2. The third-order valence-electron chi connectivity index (χ3n) is 3.69. The van der Waals surface area contributed by atoms with Crippen molar-refractivity contribution in [3.05, 3.63) is 53.6 Å². The Morgan fingerprint density at radius 3 is 2.68 bits per heavy atom. The largest absolute Gasteiger partial charge is 0.493 e. The van der Waals surface area contributed by atoms with Crippen LogP contribution in [0.1, 0.15) is 18.4 Å². The summed E-state index contributed by atoms with van der Waals surface area (Å²) in [7, 11) is 1.59. The summed E-state index contributed by atoms with van der Waals surface area (Å²) in [4.78, 5) is 13.7. The molecule has 2 heterocycles. The summed E-state index contributed by atoms with van der Waals surface area (Å²) in [5, 5.41) is 3.30. The Morgan fingerprint density at radius 1 is 1.24 bits per heavy atom. The van der Waals surface area contributed by atoms with Crippen LogP contribution in [0, 0.1) is 0 Å². The van der Waals surface area contributed by atoms with Crippen molar-refractivity contribution in [2.24, 2.45) is 0 Å². The number of amides is 1. The minimum Gasteiger partial charge on any atom is -0.493 e. The first-order valence-corrected chi connectivity index (χ1v) is 8.22. The van der Waals surface area contributed by atoms with Crippen LogP contribution in [0.15, 0.2) is 46.5 Å². The van der Waals surface area contributed by atoms with E-state index in [1.54, 1.807) is 25.3 Å². The lowest BCUT2D eigenvalue weighted by Crippen LogP contribution is -2.30. The molecule has 0 atom stereocenters. The van der Waals surface area contributed by atoms with Crippen molar-refractivity contribution < 1.29 is 18.7 Å². The van der Waals surface area contributed by atoms with Crippen LogP contribution in [0.3, 0.4) is 0 Å². The van der Waals surface area contributed by atoms with E-state index in [1.165, 1.54) is 4.90 Å². The van der Waals surface area contributed by atoms with Gasteiger partial charge in [-0.25, -0.2) is 0 Å². The van der Waals surface area contributed by atoms with Crippen LogP contribution in [0.5, 0.6) is 11.5 Å². The average Bonchev–Trinajstić information content (AvgIpc) is 3.17. The second-order valence-electron chi connectivity index (χ2n) is 5.28. The molecule has 6 nitrogen and oxygen atoms in total. The molecule has 0 aliphatic carbocycles. The zero-order valence-electron chi connectivity index (χ0n) is 13.9. The first-order chi connectivity index (χ1) is 12.1. The first kappa shape index (κ1) is 17.0. The van der Waals surface area contributed by atoms with Crippen molar-refractivity contribution >= 4 is 29.3 Å². The van der Waals surface area contributed by atoms with Gasteiger partial charge in [-0.05, 0) is 43.4 Å². The van der Waals surface area contributed by atoms with E-state index in [9.17, 15) is 4.79 Å². The number of thiocarbonyl (C=S) groups is 1. The van der Waals surface area contributed by atoms with Crippen LogP contribution >= 0.6 is 12.2 Å². The highest BCUT2D eigenvalue weighted by Gasteiger charge is 2.29. The molecule has 0 spiro atoms. The molecule has 3 rings (SSSR count). The third-order valence-corrected chi connectivity index (χ3v) is 4.01. The number of ether oxygens (including phenoxy) is 2. The van der Waals surface area contributed by atoms with E-state index in [0.29, 0.717) is 40.4 Å². The lowest BCUT2D eigenvalue weighted by Gasteiger charge is -2.08. The number of furan rings is 1. The number of carbonyl (C=O) groups excluding carboxylic acids is 1. The number of nitrogens with zero attached hydrogens (tertiary/aromatic N) is 1. The fraction of sp³-hybridized carbons (Fsp3) is 0.222. The highest BCUT2D eigenvalue weighted by molar-refractivity contribution is 7.80. The van der Waals surface area contributed by atoms with Crippen molar-refractivity contribution in [1.29, 1.82) is 0 Å². The van der Waals surface area contributed by atoms with Gasteiger partial charge in [-0.3, -0.25) is 9.69 Å². The molecule has 1 aromatic heterocycles. The van der Waals surface area contributed by atoms with Gasteiger partial charge < -0.3 is 19.2 Å². The Morgan fingerprint density at radius 2 is 2.00 bits per heavy atom. The number of benzene rings is 1. The number of methoxy groups -OCH3 is 1. The van der Waals surface area contributed by atoms with Gasteiger partial charge in [0.05, 0.1) is 7.11 Å². The highest BCUT2D eigenvalue weighted by atomic mass is 32.1. The lowest BCUT2D eigenvalue weighted by atomic mass is 10.3. The molecule has 0 saturated carbocycles. The SMILES string of the molecule is CCN1C(=O)/C(=C\c2ccc(COc3ccccc3OC)o2)NC1=S. The van der Waals surface area contributed by atoms with E-state index in [-0.39, 0.29) is 12.5 Å². The molecule has 1 N–H and O–H groups in total. The molecule has 0 bridgehead atoms. The average molecular weight is 358 g/mol. The number of nitrogens with one attached hydrogen (secondary N) is 1. The summed E-state index contributed by atoms with van der Waals surface area (Å²) in [6, 6.07) is 11.0. The maximum Gasteiger partial charge on any atom is 0.276 e. The maximum atomic E-state index is 12.2. The van der Waals surface area contributed by atoms with Crippen molar-refractivity contribution in [3.8, 4) is 11.5 Å². The molecule has 1 fully saturated rings. The Bertz CT molecular complexity index is 828.